The number of rotatable bonds is 7. The number of carbonyl (C=O) groups excluding carboxylic acids is 2. The van der Waals surface area contributed by atoms with E-state index in [4.69, 9.17) is 4.74 Å². The third-order valence-electron chi connectivity index (χ3n) is 4.50. The molecule has 2 N–H and O–H groups in total. The van der Waals surface area contributed by atoms with Crippen LogP contribution in [0.4, 0.5) is 15.8 Å². The Morgan fingerprint density at radius 2 is 1.54 bits per heavy atom. The number of morpholine rings is 1. The van der Waals surface area contributed by atoms with Crippen molar-refractivity contribution < 1.29 is 18.7 Å². The minimum absolute atomic E-state index is 0.0800. The Morgan fingerprint density at radius 1 is 0.929 bits per heavy atom. The number of aryl methyl sites for hydroxylation is 1. The van der Waals surface area contributed by atoms with Crippen molar-refractivity contribution in [3.05, 3.63) is 59.9 Å². The zero-order valence-electron chi connectivity index (χ0n) is 15.6. The number of ether oxygens (including phenoxy) is 1. The number of nitrogens with zero attached hydrogens (tertiary/aromatic N) is 1. The van der Waals surface area contributed by atoms with Gasteiger partial charge in [-0.15, -0.1) is 0 Å². The van der Waals surface area contributed by atoms with Crippen LogP contribution in [0.1, 0.15) is 12.0 Å². The summed E-state index contributed by atoms with van der Waals surface area (Å²) in [6, 6.07) is 13.4. The molecular formula is C21H24FN3O3. The van der Waals surface area contributed by atoms with Gasteiger partial charge in [-0.2, -0.15) is 0 Å². The molecule has 1 heterocycles. The van der Waals surface area contributed by atoms with Crippen molar-refractivity contribution in [3.8, 4) is 0 Å². The third-order valence-corrected chi connectivity index (χ3v) is 4.50. The molecule has 148 valence electrons. The monoisotopic (exact) mass is 385 g/mol. The predicted molar refractivity (Wildman–Crippen MR) is 106 cm³/mol. The van der Waals surface area contributed by atoms with E-state index < -0.39 is 0 Å². The molecule has 3 rings (SSSR count). The zero-order valence-corrected chi connectivity index (χ0v) is 15.6. The smallest absolute Gasteiger partial charge is 0.238 e. The summed E-state index contributed by atoms with van der Waals surface area (Å²) in [7, 11) is 0. The summed E-state index contributed by atoms with van der Waals surface area (Å²) >= 11 is 0. The van der Waals surface area contributed by atoms with E-state index in [1.54, 1.807) is 42.5 Å². The van der Waals surface area contributed by atoms with Gasteiger partial charge in [0.2, 0.25) is 11.8 Å². The van der Waals surface area contributed by atoms with Crippen LogP contribution in [0.15, 0.2) is 48.5 Å². The minimum atomic E-state index is -0.299. The van der Waals surface area contributed by atoms with Gasteiger partial charge in [0.1, 0.15) is 5.82 Å². The first-order chi connectivity index (χ1) is 13.6. The first-order valence-electron chi connectivity index (χ1n) is 9.33. The first kappa shape index (κ1) is 20.0. The Balaban J connectivity index is 1.43. The molecule has 0 atom stereocenters. The second-order valence-electron chi connectivity index (χ2n) is 6.65. The van der Waals surface area contributed by atoms with Gasteiger partial charge < -0.3 is 15.4 Å². The standard InChI is InChI=1S/C21H24FN3O3/c22-19-4-2-1-3-16(19)5-10-20(26)23-17-6-8-18(9-7-17)24-21(27)15-25-11-13-28-14-12-25/h1-4,6-9H,5,10-15H2,(H,23,26)(H,24,27). The Kier molecular flexibility index (Phi) is 7.11. The fraction of sp³-hybridized carbons (Fsp3) is 0.333. The van der Waals surface area contributed by atoms with Gasteiger partial charge in [-0.1, -0.05) is 18.2 Å². The average Bonchev–Trinajstić information content (AvgIpc) is 2.69. The molecule has 2 aromatic rings. The maximum Gasteiger partial charge on any atom is 0.238 e. The van der Waals surface area contributed by atoms with Crippen molar-refractivity contribution in [1.29, 1.82) is 0 Å². The highest BCUT2D eigenvalue weighted by Crippen LogP contribution is 2.15. The van der Waals surface area contributed by atoms with Crippen molar-refractivity contribution >= 4 is 23.2 Å². The normalized spacial score (nSPS) is 14.5. The third kappa shape index (κ3) is 6.14. The van der Waals surface area contributed by atoms with Crippen LogP contribution in [-0.4, -0.2) is 49.6 Å². The summed E-state index contributed by atoms with van der Waals surface area (Å²) in [5, 5.41) is 5.63. The molecule has 6 nitrogen and oxygen atoms in total. The van der Waals surface area contributed by atoms with E-state index in [2.05, 4.69) is 10.6 Å². The SMILES string of the molecule is O=C(CCc1ccccc1F)Nc1ccc(NC(=O)CN2CCOCC2)cc1. The largest absolute Gasteiger partial charge is 0.379 e. The van der Waals surface area contributed by atoms with Gasteiger partial charge in [0, 0.05) is 30.9 Å². The van der Waals surface area contributed by atoms with Gasteiger partial charge in [0.05, 0.1) is 19.8 Å². The van der Waals surface area contributed by atoms with E-state index in [-0.39, 0.29) is 24.1 Å². The second-order valence-corrected chi connectivity index (χ2v) is 6.65. The Bertz CT molecular complexity index is 805. The van der Waals surface area contributed by atoms with Crippen molar-refractivity contribution in [1.82, 2.24) is 4.90 Å². The highest BCUT2D eigenvalue weighted by Gasteiger charge is 2.14. The lowest BCUT2D eigenvalue weighted by atomic mass is 10.1. The molecule has 0 saturated carbocycles. The maximum absolute atomic E-state index is 13.6. The van der Waals surface area contributed by atoms with Crippen molar-refractivity contribution in [2.24, 2.45) is 0 Å². The second kappa shape index (κ2) is 9.96. The highest BCUT2D eigenvalue weighted by molar-refractivity contribution is 5.93. The number of halogens is 1. The topological polar surface area (TPSA) is 70.7 Å². The predicted octanol–water partition coefficient (Wildman–Crippen LogP) is 2.67. The molecule has 1 saturated heterocycles. The molecule has 0 aromatic heterocycles. The van der Waals surface area contributed by atoms with Gasteiger partial charge in [-0.25, -0.2) is 4.39 Å². The van der Waals surface area contributed by atoms with Crippen LogP contribution in [0.2, 0.25) is 0 Å². The van der Waals surface area contributed by atoms with E-state index in [1.165, 1.54) is 6.07 Å². The summed E-state index contributed by atoms with van der Waals surface area (Å²) in [6.07, 6.45) is 0.535. The molecule has 2 aromatic carbocycles. The van der Waals surface area contributed by atoms with Crippen LogP contribution in [0, 0.1) is 5.82 Å². The van der Waals surface area contributed by atoms with E-state index in [0.29, 0.717) is 43.1 Å². The van der Waals surface area contributed by atoms with Crippen LogP contribution in [0.5, 0.6) is 0 Å². The van der Waals surface area contributed by atoms with Gasteiger partial charge in [-0.3, -0.25) is 14.5 Å². The highest BCUT2D eigenvalue weighted by atomic mass is 19.1. The molecular weight excluding hydrogens is 361 g/mol. The molecule has 7 heteroatoms. The van der Waals surface area contributed by atoms with Crippen molar-refractivity contribution in [2.45, 2.75) is 12.8 Å². The summed E-state index contributed by atoms with van der Waals surface area (Å²) in [6.45, 7) is 3.14. The zero-order chi connectivity index (χ0) is 19.8. The van der Waals surface area contributed by atoms with Crippen LogP contribution in [0.25, 0.3) is 0 Å². The lowest BCUT2D eigenvalue weighted by Crippen LogP contribution is -2.41. The summed E-state index contributed by atoms with van der Waals surface area (Å²) in [5.74, 6) is -0.566. The summed E-state index contributed by atoms with van der Waals surface area (Å²) in [4.78, 5) is 26.2. The molecule has 0 radical (unpaired) electrons. The number of carbonyl (C=O) groups is 2. The lowest BCUT2D eigenvalue weighted by Gasteiger charge is -2.25. The Labute approximate surface area is 163 Å². The summed E-state index contributed by atoms with van der Waals surface area (Å²) in [5.41, 5.74) is 1.82. The minimum Gasteiger partial charge on any atom is -0.379 e. The van der Waals surface area contributed by atoms with Gasteiger partial charge in [-0.05, 0) is 42.3 Å². The fourth-order valence-electron chi connectivity index (χ4n) is 2.97. The number of anilines is 2. The average molecular weight is 385 g/mol. The van der Waals surface area contributed by atoms with Crippen LogP contribution in [-0.2, 0) is 20.7 Å². The molecule has 0 unspecified atom stereocenters. The van der Waals surface area contributed by atoms with E-state index in [9.17, 15) is 14.0 Å². The van der Waals surface area contributed by atoms with E-state index >= 15 is 0 Å². The van der Waals surface area contributed by atoms with Crippen LogP contribution < -0.4 is 10.6 Å². The van der Waals surface area contributed by atoms with Crippen LogP contribution in [0.3, 0.4) is 0 Å². The van der Waals surface area contributed by atoms with Crippen molar-refractivity contribution in [3.63, 3.8) is 0 Å². The van der Waals surface area contributed by atoms with Gasteiger partial charge in [0.25, 0.3) is 0 Å². The molecule has 2 amide bonds. The molecule has 1 aliphatic heterocycles. The van der Waals surface area contributed by atoms with E-state index in [1.807, 2.05) is 4.90 Å². The molecule has 1 fully saturated rings. The summed E-state index contributed by atoms with van der Waals surface area (Å²) < 4.78 is 18.9. The molecule has 0 aliphatic carbocycles. The number of benzene rings is 2. The Morgan fingerprint density at radius 3 is 2.18 bits per heavy atom. The van der Waals surface area contributed by atoms with Gasteiger partial charge in [0.15, 0.2) is 0 Å². The number of amides is 2. The number of hydrogen-bond donors (Lipinski definition) is 2. The number of nitrogens with one attached hydrogen (secondary N) is 2. The lowest BCUT2D eigenvalue weighted by molar-refractivity contribution is -0.118. The molecule has 0 bridgehead atoms. The van der Waals surface area contributed by atoms with Crippen molar-refractivity contribution in [2.75, 3.05) is 43.5 Å². The molecule has 1 aliphatic rings. The van der Waals surface area contributed by atoms with Gasteiger partial charge >= 0.3 is 0 Å². The molecule has 28 heavy (non-hydrogen) atoms. The quantitative estimate of drug-likeness (QED) is 0.769. The van der Waals surface area contributed by atoms with Crippen LogP contribution >= 0.6 is 0 Å². The fourth-order valence-corrected chi connectivity index (χ4v) is 2.97. The number of hydrogen-bond acceptors (Lipinski definition) is 4. The van der Waals surface area contributed by atoms with E-state index in [0.717, 1.165) is 13.1 Å². The Hall–Kier alpha value is -2.77. The maximum atomic E-state index is 13.6. The first-order valence-corrected chi connectivity index (χ1v) is 9.33. The molecule has 0 spiro atoms.